The highest BCUT2D eigenvalue weighted by Crippen LogP contribution is 2.37. The van der Waals surface area contributed by atoms with Crippen LogP contribution >= 0.6 is 11.6 Å². The molecule has 2 aromatic heterocycles. The van der Waals surface area contributed by atoms with Gasteiger partial charge in [0, 0.05) is 49.6 Å². The van der Waals surface area contributed by atoms with Crippen molar-refractivity contribution in [2.75, 3.05) is 44.5 Å². The number of nitrogens with one attached hydrogen (secondary N) is 2. The summed E-state index contributed by atoms with van der Waals surface area (Å²) in [7, 11) is 3.14. The lowest BCUT2D eigenvalue weighted by molar-refractivity contribution is -0.136. The van der Waals surface area contributed by atoms with Crippen molar-refractivity contribution >= 4 is 35.0 Å². The maximum absolute atomic E-state index is 12.9. The minimum absolute atomic E-state index is 0.0248. The van der Waals surface area contributed by atoms with Crippen LogP contribution in [0.3, 0.4) is 0 Å². The zero-order chi connectivity index (χ0) is 27.4. The zero-order valence-corrected chi connectivity index (χ0v) is 22.8. The van der Waals surface area contributed by atoms with Crippen molar-refractivity contribution < 1.29 is 14.3 Å². The number of amides is 1. The Bertz CT molecular complexity index is 1460. The zero-order valence-electron chi connectivity index (χ0n) is 22.0. The summed E-state index contributed by atoms with van der Waals surface area (Å²) in [5, 5.41) is 7.11. The number of methoxy groups -OCH3 is 2. The molecule has 1 aliphatic rings. The van der Waals surface area contributed by atoms with Gasteiger partial charge in [-0.2, -0.15) is 4.98 Å². The first-order chi connectivity index (χ1) is 19.0. The summed E-state index contributed by atoms with van der Waals surface area (Å²) in [4.78, 5) is 28.5. The predicted molar refractivity (Wildman–Crippen MR) is 150 cm³/mol. The second-order valence-electron chi connectivity index (χ2n) is 9.08. The first-order valence-electron chi connectivity index (χ1n) is 12.6. The fraction of sp³-hybridized carbons (Fsp3) is 0.286. The van der Waals surface area contributed by atoms with E-state index in [1.807, 2.05) is 48.2 Å². The smallest absolute Gasteiger partial charge is 0.248 e. The highest BCUT2D eigenvalue weighted by molar-refractivity contribution is 6.29. The lowest BCUT2D eigenvalue weighted by atomic mass is 9.88. The van der Waals surface area contributed by atoms with Crippen LogP contribution in [0.2, 0.25) is 5.15 Å². The molecule has 1 atom stereocenters. The number of carbonyl (C=O) groups excluding carboxylic acids is 1. The van der Waals surface area contributed by atoms with Gasteiger partial charge in [-0.1, -0.05) is 41.9 Å². The molecule has 0 saturated carbocycles. The number of fused-ring (bicyclic) bond motifs is 1. The molecular formula is C28H30ClN7O3. The molecule has 4 aromatic rings. The van der Waals surface area contributed by atoms with Gasteiger partial charge in [-0.15, -0.1) is 0 Å². The summed E-state index contributed by atoms with van der Waals surface area (Å²) >= 11 is 6.01. The van der Waals surface area contributed by atoms with E-state index in [2.05, 4.69) is 27.8 Å². The van der Waals surface area contributed by atoms with E-state index in [9.17, 15) is 4.79 Å². The number of aromatic nitrogens is 4. The van der Waals surface area contributed by atoms with E-state index in [1.165, 1.54) is 7.11 Å². The first-order valence-corrected chi connectivity index (χ1v) is 13.0. The van der Waals surface area contributed by atoms with Gasteiger partial charge < -0.3 is 29.6 Å². The van der Waals surface area contributed by atoms with Gasteiger partial charge >= 0.3 is 0 Å². The molecule has 10 nitrogen and oxygen atoms in total. The highest BCUT2D eigenvalue weighted by atomic mass is 35.5. The summed E-state index contributed by atoms with van der Waals surface area (Å²) in [6, 6.07) is 15.8. The maximum Gasteiger partial charge on any atom is 0.248 e. The Hall–Kier alpha value is -4.15. The summed E-state index contributed by atoms with van der Waals surface area (Å²) in [5.74, 6) is 1.58. The topological polar surface area (TPSA) is 106 Å². The number of carbonyl (C=O) groups is 1. The molecule has 202 valence electrons. The molecule has 1 amide bonds. The number of rotatable bonds is 9. The van der Waals surface area contributed by atoms with Crippen molar-refractivity contribution in [3.8, 4) is 11.4 Å². The van der Waals surface area contributed by atoms with Crippen LogP contribution in [0.4, 0.5) is 17.5 Å². The number of benzene rings is 2. The average Bonchev–Trinajstić information content (AvgIpc) is 3.39. The molecule has 0 radical (unpaired) electrons. The lowest BCUT2D eigenvalue weighted by Crippen LogP contribution is -2.41. The van der Waals surface area contributed by atoms with Crippen LogP contribution in [0.25, 0.3) is 5.69 Å². The molecule has 0 fully saturated rings. The van der Waals surface area contributed by atoms with E-state index < -0.39 is 0 Å². The van der Waals surface area contributed by atoms with E-state index in [0.29, 0.717) is 42.3 Å². The standard InChI is InChI=1S/C28H30ClN7O3/c1-4-30-27-21-14-35(25(37)16-38-2)13-20(18-8-6-5-7-9-18)26(21)33-28(34-27)32-19-10-11-22(23(12-19)39-3)36-15-24(29)31-17-36/h5-12,15,17,20H,4,13-14,16H2,1-3H3,(H2,30,32,33,34). The average molecular weight is 548 g/mol. The number of imidazole rings is 1. The van der Waals surface area contributed by atoms with E-state index in [0.717, 1.165) is 28.2 Å². The van der Waals surface area contributed by atoms with Gasteiger partial charge in [0.2, 0.25) is 11.9 Å². The van der Waals surface area contributed by atoms with Crippen molar-refractivity contribution in [3.63, 3.8) is 0 Å². The van der Waals surface area contributed by atoms with E-state index in [-0.39, 0.29) is 18.4 Å². The normalized spacial score (nSPS) is 14.6. The van der Waals surface area contributed by atoms with E-state index >= 15 is 0 Å². The largest absolute Gasteiger partial charge is 0.494 e. The molecule has 2 N–H and O–H groups in total. The van der Waals surface area contributed by atoms with Gasteiger partial charge in [-0.3, -0.25) is 4.79 Å². The van der Waals surface area contributed by atoms with Crippen LogP contribution in [0, 0.1) is 0 Å². The Morgan fingerprint density at radius 2 is 1.97 bits per heavy atom. The number of ether oxygens (including phenoxy) is 2. The molecule has 0 aliphatic carbocycles. The Morgan fingerprint density at radius 1 is 1.15 bits per heavy atom. The van der Waals surface area contributed by atoms with Gasteiger partial charge in [0.25, 0.3) is 0 Å². The third-order valence-corrected chi connectivity index (χ3v) is 6.75. The van der Waals surface area contributed by atoms with Crippen molar-refractivity contribution in [2.45, 2.75) is 19.4 Å². The van der Waals surface area contributed by atoms with Gasteiger partial charge in [0.05, 0.1) is 25.0 Å². The van der Waals surface area contributed by atoms with Gasteiger partial charge in [-0.25, -0.2) is 9.97 Å². The number of hydrogen-bond acceptors (Lipinski definition) is 8. The molecule has 1 aliphatic heterocycles. The van der Waals surface area contributed by atoms with Gasteiger partial charge in [0.15, 0.2) is 0 Å². The molecular weight excluding hydrogens is 518 g/mol. The third kappa shape index (κ3) is 5.67. The highest BCUT2D eigenvalue weighted by Gasteiger charge is 2.33. The molecule has 11 heteroatoms. The second kappa shape index (κ2) is 11.7. The monoisotopic (exact) mass is 547 g/mol. The summed E-state index contributed by atoms with van der Waals surface area (Å²) in [6.07, 6.45) is 3.35. The fourth-order valence-corrected chi connectivity index (χ4v) is 4.91. The van der Waals surface area contributed by atoms with Gasteiger partial charge in [0.1, 0.15) is 29.7 Å². The van der Waals surface area contributed by atoms with Crippen LogP contribution in [0.5, 0.6) is 5.75 Å². The summed E-state index contributed by atoms with van der Waals surface area (Å²) in [5.41, 5.74) is 4.41. The van der Waals surface area contributed by atoms with Crippen LogP contribution in [-0.2, 0) is 16.1 Å². The molecule has 2 aromatic carbocycles. The number of halogens is 1. The predicted octanol–water partition coefficient (Wildman–Crippen LogP) is 4.62. The van der Waals surface area contributed by atoms with Crippen LogP contribution in [0.1, 0.15) is 29.7 Å². The van der Waals surface area contributed by atoms with Crippen molar-refractivity contribution in [1.82, 2.24) is 24.4 Å². The SMILES string of the molecule is CCNc1nc(Nc2ccc(-n3cnc(Cl)c3)c(OC)c2)nc2c1CN(C(=O)COC)CC2c1ccccc1. The lowest BCUT2D eigenvalue weighted by Gasteiger charge is -2.35. The summed E-state index contributed by atoms with van der Waals surface area (Å²) in [6.45, 7) is 3.60. The second-order valence-corrected chi connectivity index (χ2v) is 9.46. The maximum atomic E-state index is 12.9. The van der Waals surface area contributed by atoms with E-state index in [4.69, 9.17) is 31.0 Å². The van der Waals surface area contributed by atoms with Crippen molar-refractivity contribution in [1.29, 1.82) is 0 Å². The molecule has 1 unspecified atom stereocenters. The first kappa shape index (κ1) is 26.5. The number of hydrogen-bond donors (Lipinski definition) is 2. The Morgan fingerprint density at radius 3 is 2.67 bits per heavy atom. The molecule has 39 heavy (non-hydrogen) atoms. The van der Waals surface area contributed by atoms with Crippen molar-refractivity contribution in [3.05, 3.63) is 83.0 Å². The number of anilines is 3. The molecule has 0 bridgehead atoms. The Labute approximate surface area is 232 Å². The Kier molecular flexibility index (Phi) is 7.94. The molecule has 0 spiro atoms. The minimum Gasteiger partial charge on any atom is -0.494 e. The minimum atomic E-state index is -0.125. The summed E-state index contributed by atoms with van der Waals surface area (Å²) < 4.78 is 12.6. The van der Waals surface area contributed by atoms with E-state index in [1.54, 1.807) is 24.2 Å². The van der Waals surface area contributed by atoms with Crippen LogP contribution < -0.4 is 15.4 Å². The fourth-order valence-electron chi connectivity index (χ4n) is 4.76. The van der Waals surface area contributed by atoms with Crippen LogP contribution in [0.15, 0.2) is 61.1 Å². The molecule has 3 heterocycles. The quantitative estimate of drug-likeness (QED) is 0.313. The molecule has 5 rings (SSSR count). The Balaban J connectivity index is 1.54. The number of nitrogens with zero attached hydrogens (tertiary/aromatic N) is 5. The molecule has 0 saturated heterocycles. The van der Waals surface area contributed by atoms with Gasteiger partial charge in [-0.05, 0) is 24.6 Å². The third-order valence-electron chi connectivity index (χ3n) is 6.55. The van der Waals surface area contributed by atoms with Crippen LogP contribution in [-0.4, -0.2) is 64.2 Å². The van der Waals surface area contributed by atoms with Crippen molar-refractivity contribution in [2.24, 2.45) is 0 Å².